The molecule has 2 amide bonds. The maximum Gasteiger partial charge on any atom is 0.322 e. The van der Waals surface area contributed by atoms with E-state index in [0.29, 0.717) is 65.5 Å². The van der Waals surface area contributed by atoms with Gasteiger partial charge in [0.1, 0.15) is 11.4 Å². The molecule has 0 aliphatic carbocycles. The molecule has 0 spiro atoms. The Balaban J connectivity index is 1.56. The lowest BCUT2D eigenvalue weighted by atomic mass is 10.1. The number of hydrogen-bond donors (Lipinski definition) is 1. The van der Waals surface area contributed by atoms with Crippen molar-refractivity contribution in [1.29, 1.82) is 0 Å². The molecule has 37 heavy (non-hydrogen) atoms. The second kappa shape index (κ2) is 12.4. The summed E-state index contributed by atoms with van der Waals surface area (Å²) in [7, 11) is 4.66. The summed E-state index contributed by atoms with van der Waals surface area (Å²) in [6.07, 6.45) is 1.84. The molecule has 1 fully saturated rings. The molecule has 0 radical (unpaired) electrons. The highest BCUT2D eigenvalue weighted by molar-refractivity contribution is 5.91. The Bertz CT molecular complexity index is 1170. The van der Waals surface area contributed by atoms with E-state index in [9.17, 15) is 4.79 Å². The van der Waals surface area contributed by atoms with Crippen molar-refractivity contribution in [2.75, 3.05) is 46.4 Å². The van der Waals surface area contributed by atoms with Crippen molar-refractivity contribution in [3.63, 3.8) is 0 Å². The summed E-state index contributed by atoms with van der Waals surface area (Å²) in [5, 5.41) is 7.19. The number of carbonyl (C=O) groups is 1. The summed E-state index contributed by atoms with van der Waals surface area (Å²) in [5.74, 6) is 2.61. The van der Waals surface area contributed by atoms with Gasteiger partial charge in [-0.1, -0.05) is 17.3 Å². The SMILES string of the molecule is CCOc1ccccc1NC(=O)N(Cc1cc(-c2cc(OC)c(OC)c(OC)c2)on1)C[C@@H]1CCCO1. The Morgan fingerprint density at radius 2 is 1.84 bits per heavy atom. The number of amides is 2. The van der Waals surface area contributed by atoms with Crippen LogP contribution in [0.15, 0.2) is 47.0 Å². The maximum atomic E-state index is 13.4. The maximum absolute atomic E-state index is 13.4. The third kappa shape index (κ3) is 6.26. The summed E-state index contributed by atoms with van der Waals surface area (Å²) < 4.78 is 33.4. The van der Waals surface area contributed by atoms with Crippen LogP contribution < -0.4 is 24.3 Å². The molecule has 4 rings (SSSR count). The average Bonchev–Trinajstić information content (AvgIpc) is 3.61. The van der Waals surface area contributed by atoms with Crippen LogP contribution in [-0.4, -0.2) is 63.3 Å². The summed E-state index contributed by atoms with van der Waals surface area (Å²) in [6, 6.07) is 12.4. The number of nitrogens with zero attached hydrogens (tertiary/aromatic N) is 2. The van der Waals surface area contributed by atoms with Crippen molar-refractivity contribution in [2.45, 2.75) is 32.4 Å². The van der Waals surface area contributed by atoms with Gasteiger partial charge in [-0.3, -0.25) is 0 Å². The van der Waals surface area contributed by atoms with Gasteiger partial charge >= 0.3 is 6.03 Å². The van der Waals surface area contributed by atoms with E-state index in [-0.39, 0.29) is 18.7 Å². The van der Waals surface area contributed by atoms with Gasteiger partial charge in [-0.05, 0) is 44.0 Å². The van der Waals surface area contributed by atoms with Crippen LogP contribution in [0.25, 0.3) is 11.3 Å². The molecule has 198 valence electrons. The fraction of sp³-hybridized carbons (Fsp3) is 0.407. The van der Waals surface area contributed by atoms with Crippen molar-refractivity contribution in [1.82, 2.24) is 10.1 Å². The largest absolute Gasteiger partial charge is 0.493 e. The summed E-state index contributed by atoms with van der Waals surface area (Å²) in [4.78, 5) is 15.1. The van der Waals surface area contributed by atoms with Crippen LogP contribution in [0, 0.1) is 0 Å². The molecular formula is C27H33N3O7. The van der Waals surface area contributed by atoms with Crippen LogP contribution in [-0.2, 0) is 11.3 Å². The number of benzene rings is 2. The normalized spacial score (nSPS) is 14.8. The van der Waals surface area contributed by atoms with E-state index < -0.39 is 0 Å². The zero-order valence-corrected chi connectivity index (χ0v) is 21.6. The molecule has 1 aliphatic heterocycles. The minimum Gasteiger partial charge on any atom is -0.493 e. The Morgan fingerprint density at radius 1 is 1.08 bits per heavy atom. The predicted octanol–water partition coefficient (Wildman–Crippen LogP) is 4.98. The van der Waals surface area contributed by atoms with Gasteiger partial charge in [0.05, 0.1) is 46.3 Å². The Morgan fingerprint density at radius 3 is 2.49 bits per heavy atom. The number of para-hydroxylation sites is 2. The van der Waals surface area contributed by atoms with E-state index in [2.05, 4.69) is 10.5 Å². The van der Waals surface area contributed by atoms with Crippen molar-refractivity contribution in [3.05, 3.63) is 48.2 Å². The van der Waals surface area contributed by atoms with Crippen molar-refractivity contribution in [2.24, 2.45) is 0 Å². The van der Waals surface area contributed by atoms with Crippen LogP contribution >= 0.6 is 0 Å². The van der Waals surface area contributed by atoms with Gasteiger partial charge in [-0.2, -0.15) is 0 Å². The molecule has 10 nitrogen and oxygen atoms in total. The number of urea groups is 1. The van der Waals surface area contributed by atoms with Crippen LogP contribution in [0.5, 0.6) is 23.0 Å². The number of aromatic nitrogens is 1. The predicted molar refractivity (Wildman–Crippen MR) is 138 cm³/mol. The molecule has 1 atom stereocenters. The van der Waals surface area contributed by atoms with Gasteiger partial charge in [0.2, 0.25) is 5.75 Å². The quantitative estimate of drug-likeness (QED) is 0.384. The lowest BCUT2D eigenvalue weighted by Crippen LogP contribution is -2.39. The van der Waals surface area contributed by atoms with Gasteiger partial charge in [-0.15, -0.1) is 0 Å². The standard InChI is InChI=1S/C27H33N3O7/c1-5-35-22-11-7-6-10-21(22)28-27(31)30(17-20-9-8-12-36-20)16-19-15-23(37-29-19)18-13-24(32-2)26(34-4)25(14-18)33-3/h6-7,10-11,13-15,20H,5,8-9,12,16-17H2,1-4H3,(H,28,31)/t20-/m0/s1. The van der Waals surface area contributed by atoms with Gasteiger partial charge in [0.25, 0.3) is 0 Å². The van der Waals surface area contributed by atoms with Gasteiger partial charge in [-0.25, -0.2) is 4.79 Å². The van der Waals surface area contributed by atoms with Gasteiger partial charge in [0.15, 0.2) is 17.3 Å². The van der Waals surface area contributed by atoms with E-state index in [4.69, 9.17) is 28.2 Å². The summed E-state index contributed by atoms with van der Waals surface area (Å²) in [6.45, 7) is 3.75. The zero-order valence-electron chi connectivity index (χ0n) is 21.6. The number of rotatable bonds is 11. The van der Waals surface area contributed by atoms with E-state index in [1.54, 1.807) is 44.4 Å². The first-order chi connectivity index (χ1) is 18.1. The molecule has 0 unspecified atom stereocenters. The third-order valence-corrected chi connectivity index (χ3v) is 6.02. The molecule has 2 aromatic carbocycles. The molecule has 3 aromatic rings. The lowest BCUT2D eigenvalue weighted by Gasteiger charge is -2.25. The van der Waals surface area contributed by atoms with Crippen LogP contribution in [0.2, 0.25) is 0 Å². The Kier molecular flexibility index (Phi) is 8.73. The van der Waals surface area contributed by atoms with Crippen LogP contribution in [0.3, 0.4) is 0 Å². The first-order valence-electron chi connectivity index (χ1n) is 12.2. The molecule has 1 saturated heterocycles. The molecule has 0 saturated carbocycles. The van der Waals surface area contributed by atoms with E-state index in [1.807, 2.05) is 31.2 Å². The smallest absolute Gasteiger partial charge is 0.322 e. The monoisotopic (exact) mass is 511 g/mol. The number of anilines is 1. The van der Waals surface area contributed by atoms with Gasteiger partial charge < -0.3 is 38.4 Å². The highest BCUT2D eigenvalue weighted by Gasteiger charge is 2.25. The van der Waals surface area contributed by atoms with E-state index in [1.165, 1.54) is 0 Å². The third-order valence-electron chi connectivity index (χ3n) is 6.02. The number of methoxy groups -OCH3 is 3. The minimum absolute atomic E-state index is 0.0330. The topological polar surface area (TPSA) is 105 Å². The lowest BCUT2D eigenvalue weighted by molar-refractivity contribution is 0.0814. The second-order valence-corrected chi connectivity index (χ2v) is 8.47. The first-order valence-corrected chi connectivity index (χ1v) is 12.2. The van der Waals surface area contributed by atoms with E-state index >= 15 is 0 Å². The van der Waals surface area contributed by atoms with Gasteiger partial charge in [0, 0.05) is 24.8 Å². The molecule has 10 heteroatoms. The number of ether oxygens (including phenoxy) is 5. The Labute approximate surface area is 216 Å². The number of hydrogen-bond acceptors (Lipinski definition) is 8. The molecule has 2 heterocycles. The number of carbonyl (C=O) groups excluding carboxylic acids is 1. The van der Waals surface area contributed by atoms with Crippen LogP contribution in [0.1, 0.15) is 25.5 Å². The molecule has 0 bridgehead atoms. The molecule has 1 aliphatic rings. The highest BCUT2D eigenvalue weighted by Crippen LogP contribution is 2.41. The molecular weight excluding hydrogens is 478 g/mol. The van der Waals surface area contributed by atoms with Crippen molar-refractivity contribution in [3.8, 4) is 34.3 Å². The van der Waals surface area contributed by atoms with Crippen molar-refractivity contribution >= 4 is 11.7 Å². The minimum atomic E-state index is -0.278. The summed E-state index contributed by atoms with van der Waals surface area (Å²) >= 11 is 0. The van der Waals surface area contributed by atoms with Crippen LogP contribution in [0.4, 0.5) is 10.5 Å². The highest BCUT2D eigenvalue weighted by atomic mass is 16.5. The first kappa shape index (κ1) is 26.2. The second-order valence-electron chi connectivity index (χ2n) is 8.47. The fourth-order valence-corrected chi connectivity index (χ4v) is 4.24. The molecule has 1 aromatic heterocycles. The Hall–Kier alpha value is -3.92. The molecule has 1 N–H and O–H groups in total. The number of nitrogens with one attached hydrogen (secondary N) is 1. The fourth-order valence-electron chi connectivity index (χ4n) is 4.24. The van der Waals surface area contributed by atoms with E-state index in [0.717, 1.165) is 12.8 Å². The zero-order chi connectivity index (χ0) is 26.2. The van der Waals surface area contributed by atoms with Crippen molar-refractivity contribution < 1.29 is 33.0 Å². The average molecular weight is 512 g/mol. The summed E-state index contributed by atoms with van der Waals surface area (Å²) in [5.41, 5.74) is 1.90.